The number of nitrogens with one attached hydrogen (secondary N) is 1. The monoisotopic (exact) mass is 139 g/mol. The molecule has 0 saturated carbocycles. The van der Waals surface area contributed by atoms with Gasteiger partial charge in [-0.05, 0) is 32.4 Å². The van der Waals surface area contributed by atoms with Crippen LogP contribution in [0.5, 0.6) is 0 Å². The Morgan fingerprint density at radius 2 is 1.90 bits per heavy atom. The van der Waals surface area contributed by atoms with Crippen molar-refractivity contribution in [2.45, 2.75) is 26.2 Å². The summed E-state index contributed by atoms with van der Waals surface area (Å²) in [6.07, 6.45) is 12.1. The van der Waals surface area contributed by atoms with Gasteiger partial charge in [-0.25, -0.2) is 0 Å². The highest BCUT2D eigenvalue weighted by atomic mass is 14.8. The van der Waals surface area contributed by atoms with Gasteiger partial charge in [-0.1, -0.05) is 18.2 Å². The second-order valence-electron chi connectivity index (χ2n) is 2.19. The first-order valence-electron chi connectivity index (χ1n) is 3.85. The molecule has 0 bridgehead atoms. The zero-order chi connectivity index (χ0) is 7.66. The average Bonchev–Trinajstić information content (AvgIpc) is 1.97. The molecular weight excluding hydrogens is 122 g/mol. The third-order valence-corrected chi connectivity index (χ3v) is 1.26. The van der Waals surface area contributed by atoms with Crippen LogP contribution in [0, 0.1) is 0 Å². The molecule has 0 rings (SSSR count). The highest BCUT2D eigenvalue weighted by Crippen LogP contribution is 1.96. The van der Waals surface area contributed by atoms with Crippen LogP contribution in [0.1, 0.15) is 26.2 Å². The minimum Gasteiger partial charge on any atom is -0.394 e. The van der Waals surface area contributed by atoms with Crippen LogP contribution < -0.4 is 5.32 Å². The topological polar surface area (TPSA) is 12.0 Å². The van der Waals surface area contributed by atoms with Gasteiger partial charge in [0.1, 0.15) is 0 Å². The van der Waals surface area contributed by atoms with Crippen molar-refractivity contribution < 1.29 is 0 Å². The summed E-state index contributed by atoms with van der Waals surface area (Å²) >= 11 is 0. The molecule has 0 aliphatic rings. The first-order valence-corrected chi connectivity index (χ1v) is 3.85. The summed E-state index contributed by atoms with van der Waals surface area (Å²) in [4.78, 5) is 0. The second-order valence-corrected chi connectivity index (χ2v) is 2.19. The van der Waals surface area contributed by atoms with Crippen LogP contribution >= 0.6 is 0 Å². The molecule has 0 saturated heterocycles. The zero-order valence-electron chi connectivity index (χ0n) is 6.93. The van der Waals surface area contributed by atoms with E-state index in [0.29, 0.717) is 0 Å². The van der Waals surface area contributed by atoms with Crippen LogP contribution in [-0.4, -0.2) is 7.05 Å². The van der Waals surface area contributed by atoms with Crippen molar-refractivity contribution in [2.24, 2.45) is 0 Å². The summed E-state index contributed by atoms with van der Waals surface area (Å²) in [6, 6.07) is 0. The lowest BCUT2D eigenvalue weighted by Gasteiger charge is -1.89. The van der Waals surface area contributed by atoms with Gasteiger partial charge in [0.05, 0.1) is 0 Å². The number of hydrogen-bond donors (Lipinski definition) is 1. The van der Waals surface area contributed by atoms with E-state index in [4.69, 9.17) is 0 Å². The Balaban J connectivity index is 2.97. The van der Waals surface area contributed by atoms with Crippen molar-refractivity contribution in [3.8, 4) is 0 Å². The molecule has 1 nitrogen and oxygen atoms in total. The molecular formula is C9H17N. The maximum absolute atomic E-state index is 2.96. The predicted octanol–water partition coefficient (Wildman–Crippen LogP) is 2.47. The predicted molar refractivity (Wildman–Crippen MR) is 46.9 cm³/mol. The molecule has 0 heterocycles. The second kappa shape index (κ2) is 8.28. The third kappa shape index (κ3) is 7.28. The van der Waals surface area contributed by atoms with Gasteiger partial charge >= 0.3 is 0 Å². The fraction of sp³-hybridized carbons (Fsp3) is 0.556. The van der Waals surface area contributed by atoms with E-state index in [2.05, 4.69) is 30.5 Å². The summed E-state index contributed by atoms with van der Waals surface area (Å²) in [6.45, 7) is 2.06. The van der Waals surface area contributed by atoms with Crippen molar-refractivity contribution in [1.82, 2.24) is 5.32 Å². The molecule has 0 spiro atoms. The molecule has 1 N–H and O–H groups in total. The first kappa shape index (κ1) is 9.28. The van der Waals surface area contributed by atoms with Crippen molar-refractivity contribution in [3.63, 3.8) is 0 Å². The molecule has 0 aromatic carbocycles. The Morgan fingerprint density at radius 1 is 1.20 bits per heavy atom. The van der Waals surface area contributed by atoms with Crippen LogP contribution in [0.4, 0.5) is 0 Å². The fourth-order valence-electron chi connectivity index (χ4n) is 0.721. The summed E-state index contributed by atoms with van der Waals surface area (Å²) in [5.74, 6) is 0. The molecule has 1 heteroatoms. The van der Waals surface area contributed by atoms with Gasteiger partial charge in [-0.15, -0.1) is 0 Å². The van der Waals surface area contributed by atoms with Crippen molar-refractivity contribution in [1.29, 1.82) is 0 Å². The van der Waals surface area contributed by atoms with E-state index >= 15 is 0 Å². The van der Waals surface area contributed by atoms with Gasteiger partial charge in [-0.3, -0.25) is 0 Å². The molecule has 58 valence electrons. The fourth-order valence-corrected chi connectivity index (χ4v) is 0.721. The minimum atomic E-state index is 1.17. The van der Waals surface area contributed by atoms with E-state index in [1.54, 1.807) is 0 Å². The summed E-state index contributed by atoms with van der Waals surface area (Å²) in [5, 5.41) is 2.96. The Hall–Kier alpha value is -0.720. The Labute approximate surface area is 63.8 Å². The van der Waals surface area contributed by atoms with Crippen molar-refractivity contribution in [3.05, 3.63) is 24.4 Å². The molecule has 0 atom stereocenters. The molecule has 0 fully saturated rings. The largest absolute Gasteiger partial charge is 0.394 e. The summed E-state index contributed by atoms with van der Waals surface area (Å²) in [5.41, 5.74) is 0. The van der Waals surface area contributed by atoms with Crippen molar-refractivity contribution >= 4 is 0 Å². The van der Waals surface area contributed by atoms with Crippen LogP contribution in [0.3, 0.4) is 0 Å². The third-order valence-electron chi connectivity index (χ3n) is 1.26. The maximum atomic E-state index is 2.96. The Bertz CT molecular complexity index is 103. The number of rotatable bonds is 5. The van der Waals surface area contributed by atoms with Gasteiger partial charge in [0.25, 0.3) is 0 Å². The van der Waals surface area contributed by atoms with E-state index in [0.717, 1.165) is 0 Å². The average molecular weight is 139 g/mol. The van der Waals surface area contributed by atoms with E-state index in [-0.39, 0.29) is 0 Å². The number of unbranched alkanes of at least 4 members (excludes halogenated alkanes) is 2. The minimum absolute atomic E-state index is 1.17. The standard InChI is InChI=1S/C9H17N/c1-3-4-5-6-7-8-9-10-2/h3-4,8-10H,5-7H2,1-2H3/b4-3-,9-8-. The zero-order valence-corrected chi connectivity index (χ0v) is 6.93. The normalized spacial score (nSPS) is 11.4. The van der Waals surface area contributed by atoms with E-state index in [1.165, 1.54) is 19.3 Å². The van der Waals surface area contributed by atoms with Crippen LogP contribution in [0.15, 0.2) is 24.4 Å². The van der Waals surface area contributed by atoms with Gasteiger partial charge in [-0.2, -0.15) is 0 Å². The van der Waals surface area contributed by atoms with Gasteiger partial charge < -0.3 is 5.32 Å². The van der Waals surface area contributed by atoms with Gasteiger partial charge in [0, 0.05) is 7.05 Å². The van der Waals surface area contributed by atoms with E-state index in [9.17, 15) is 0 Å². The molecule has 0 aliphatic carbocycles. The first-order chi connectivity index (χ1) is 4.91. The molecule has 0 aromatic heterocycles. The molecule has 10 heavy (non-hydrogen) atoms. The molecule has 0 aromatic rings. The van der Waals surface area contributed by atoms with Gasteiger partial charge in [0.2, 0.25) is 0 Å². The quantitative estimate of drug-likeness (QED) is 0.455. The lowest BCUT2D eigenvalue weighted by atomic mass is 10.2. The maximum Gasteiger partial charge on any atom is 0.00276 e. The van der Waals surface area contributed by atoms with Crippen molar-refractivity contribution in [2.75, 3.05) is 7.05 Å². The van der Waals surface area contributed by atoms with Gasteiger partial charge in [0.15, 0.2) is 0 Å². The van der Waals surface area contributed by atoms with E-state index < -0.39 is 0 Å². The molecule has 0 radical (unpaired) electrons. The molecule has 0 unspecified atom stereocenters. The number of hydrogen-bond acceptors (Lipinski definition) is 1. The van der Waals surface area contributed by atoms with Crippen LogP contribution in [-0.2, 0) is 0 Å². The van der Waals surface area contributed by atoms with Crippen LogP contribution in [0.2, 0.25) is 0 Å². The summed E-state index contributed by atoms with van der Waals surface area (Å²) < 4.78 is 0. The Kier molecular flexibility index (Phi) is 7.68. The molecule has 0 aliphatic heterocycles. The lowest BCUT2D eigenvalue weighted by molar-refractivity contribution is 0.861. The number of allylic oxidation sites excluding steroid dienone is 3. The highest BCUT2D eigenvalue weighted by molar-refractivity contribution is 4.81. The summed E-state index contributed by atoms with van der Waals surface area (Å²) in [7, 11) is 1.92. The SMILES string of the molecule is C/C=C\CCC/C=C\NC. The Morgan fingerprint density at radius 3 is 2.50 bits per heavy atom. The highest BCUT2D eigenvalue weighted by Gasteiger charge is 1.77. The van der Waals surface area contributed by atoms with Crippen LogP contribution in [0.25, 0.3) is 0 Å². The smallest absolute Gasteiger partial charge is 0.00276 e. The van der Waals surface area contributed by atoms with E-state index in [1.807, 2.05) is 13.2 Å². The lowest BCUT2D eigenvalue weighted by Crippen LogP contribution is -1.90. The molecule has 0 amide bonds.